The second-order valence-electron chi connectivity index (χ2n) is 10.3. The third kappa shape index (κ3) is 6.95. The molecular formula is C30H37N5O3. The van der Waals surface area contributed by atoms with Crippen molar-refractivity contribution >= 4 is 22.5 Å². The Bertz CT molecular complexity index is 1240. The molecule has 1 aliphatic heterocycles. The number of hydrogen-bond donors (Lipinski definition) is 2. The fraction of sp³-hybridized carbons (Fsp3) is 0.433. The van der Waals surface area contributed by atoms with Crippen LogP contribution in [0.5, 0.6) is 5.75 Å². The van der Waals surface area contributed by atoms with Gasteiger partial charge in [0, 0.05) is 61.5 Å². The Balaban J connectivity index is 1.29. The van der Waals surface area contributed by atoms with Gasteiger partial charge in [0.25, 0.3) is 0 Å². The van der Waals surface area contributed by atoms with Crippen LogP contribution in [0.1, 0.15) is 44.2 Å². The molecule has 8 heteroatoms. The summed E-state index contributed by atoms with van der Waals surface area (Å²) < 4.78 is 12.0. The predicted molar refractivity (Wildman–Crippen MR) is 149 cm³/mol. The van der Waals surface area contributed by atoms with Crippen LogP contribution in [0, 0.1) is 5.92 Å². The predicted octanol–water partition coefficient (Wildman–Crippen LogP) is 4.70. The maximum Gasteiger partial charge on any atom is 0.248 e. The van der Waals surface area contributed by atoms with Gasteiger partial charge in [-0.05, 0) is 51.3 Å². The van der Waals surface area contributed by atoms with E-state index in [0.29, 0.717) is 29.9 Å². The quantitative estimate of drug-likeness (QED) is 0.283. The molecule has 1 unspecified atom stereocenters. The highest BCUT2D eigenvalue weighted by molar-refractivity contribution is 6.02. The monoisotopic (exact) mass is 515 g/mol. The minimum absolute atomic E-state index is 0.123. The minimum atomic E-state index is -0.194. The molecule has 2 N–H and O–H groups in total. The molecule has 2 fully saturated rings. The summed E-state index contributed by atoms with van der Waals surface area (Å²) in [6, 6.07) is 14.7. The minimum Gasteiger partial charge on any atom is -0.473 e. The zero-order chi connectivity index (χ0) is 26.3. The first-order chi connectivity index (χ1) is 18.6. The molecule has 0 radical (unpaired) electrons. The van der Waals surface area contributed by atoms with Gasteiger partial charge in [0.2, 0.25) is 5.91 Å². The number of amides is 1. The number of benzene rings is 2. The highest BCUT2D eigenvalue weighted by Gasteiger charge is 2.34. The third-order valence-electron chi connectivity index (χ3n) is 7.36. The standard InChI is InChI=1S/C30H37N5O3/c1-21(22-7-4-3-5-8-22)33-30(23-10-11-23)38-28-18-26-24(19-31-20-32-26)17-27(28)34-29(36)9-6-14-35(2)25-12-15-37-16-13-25/h3-9,17-21,23,25,30,33H,10-16H2,1-2H3,(H,34,36)/t21-,30?/m1/s1. The fourth-order valence-electron chi connectivity index (χ4n) is 4.87. The molecule has 2 aromatic carbocycles. The highest BCUT2D eigenvalue weighted by Crippen LogP contribution is 2.38. The van der Waals surface area contributed by atoms with Crippen molar-refractivity contribution in [3.05, 3.63) is 72.7 Å². The molecule has 3 aromatic rings. The number of fused-ring (bicyclic) bond motifs is 1. The van der Waals surface area contributed by atoms with Gasteiger partial charge >= 0.3 is 0 Å². The Morgan fingerprint density at radius 2 is 1.97 bits per heavy atom. The van der Waals surface area contributed by atoms with E-state index in [2.05, 4.69) is 51.6 Å². The van der Waals surface area contributed by atoms with Crippen LogP contribution < -0.4 is 15.4 Å². The van der Waals surface area contributed by atoms with Crippen molar-refractivity contribution in [2.45, 2.75) is 50.9 Å². The van der Waals surface area contributed by atoms with E-state index >= 15 is 0 Å². The molecule has 1 amide bonds. The van der Waals surface area contributed by atoms with E-state index < -0.39 is 0 Å². The van der Waals surface area contributed by atoms with Crippen molar-refractivity contribution in [2.24, 2.45) is 5.92 Å². The van der Waals surface area contributed by atoms with Crippen LogP contribution >= 0.6 is 0 Å². The van der Waals surface area contributed by atoms with Crippen molar-refractivity contribution in [1.82, 2.24) is 20.2 Å². The average Bonchev–Trinajstić information content (AvgIpc) is 3.79. The van der Waals surface area contributed by atoms with Gasteiger partial charge < -0.3 is 14.8 Å². The van der Waals surface area contributed by atoms with E-state index in [1.165, 1.54) is 11.9 Å². The Morgan fingerprint density at radius 1 is 1.18 bits per heavy atom. The van der Waals surface area contributed by atoms with Crippen LogP contribution in [0.2, 0.25) is 0 Å². The van der Waals surface area contributed by atoms with Crippen molar-refractivity contribution < 1.29 is 14.3 Å². The Labute approximate surface area is 224 Å². The van der Waals surface area contributed by atoms with Crippen molar-refractivity contribution in [3.63, 3.8) is 0 Å². The molecule has 2 heterocycles. The van der Waals surface area contributed by atoms with E-state index in [9.17, 15) is 4.79 Å². The molecule has 38 heavy (non-hydrogen) atoms. The lowest BCUT2D eigenvalue weighted by atomic mass is 10.1. The van der Waals surface area contributed by atoms with Gasteiger partial charge in [-0.1, -0.05) is 36.4 Å². The van der Waals surface area contributed by atoms with Gasteiger partial charge in [-0.3, -0.25) is 15.0 Å². The molecule has 1 aromatic heterocycles. The van der Waals surface area contributed by atoms with Crippen LogP contribution in [-0.2, 0) is 9.53 Å². The fourth-order valence-corrected chi connectivity index (χ4v) is 4.87. The van der Waals surface area contributed by atoms with Gasteiger partial charge in [0.1, 0.15) is 12.1 Å². The van der Waals surface area contributed by atoms with Crippen LogP contribution in [-0.4, -0.2) is 59.9 Å². The number of ether oxygens (including phenoxy) is 2. The first-order valence-electron chi connectivity index (χ1n) is 13.5. The Morgan fingerprint density at radius 3 is 2.74 bits per heavy atom. The van der Waals surface area contributed by atoms with Crippen LogP contribution in [0.15, 0.2) is 67.1 Å². The van der Waals surface area contributed by atoms with E-state index in [1.807, 2.05) is 36.4 Å². The van der Waals surface area contributed by atoms with Crippen LogP contribution in [0.25, 0.3) is 10.9 Å². The summed E-state index contributed by atoms with van der Waals surface area (Å²) in [5, 5.41) is 7.53. The number of nitrogens with one attached hydrogen (secondary N) is 2. The maximum atomic E-state index is 12.9. The molecule has 2 atom stereocenters. The number of anilines is 1. The second-order valence-corrected chi connectivity index (χ2v) is 10.3. The third-order valence-corrected chi connectivity index (χ3v) is 7.36. The number of rotatable bonds is 11. The SMILES string of the molecule is C[C@@H](NC(Oc1cc2ncncc2cc1NC(=O)C=CCN(C)C1CCOCC1)C1CC1)c1ccccc1. The molecule has 1 saturated carbocycles. The number of aromatic nitrogens is 2. The van der Waals surface area contributed by atoms with Crippen LogP contribution in [0.4, 0.5) is 5.69 Å². The summed E-state index contributed by atoms with van der Waals surface area (Å²) in [5.41, 5.74) is 2.59. The summed E-state index contributed by atoms with van der Waals surface area (Å²) in [7, 11) is 2.09. The number of hydrogen-bond acceptors (Lipinski definition) is 7. The van der Waals surface area contributed by atoms with Gasteiger partial charge in [-0.15, -0.1) is 0 Å². The summed E-state index contributed by atoms with van der Waals surface area (Å²) >= 11 is 0. The average molecular weight is 516 g/mol. The Hall–Kier alpha value is -3.33. The molecule has 5 rings (SSSR count). The largest absolute Gasteiger partial charge is 0.473 e. The molecule has 2 aliphatic rings. The van der Waals surface area contributed by atoms with Crippen LogP contribution in [0.3, 0.4) is 0 Å². The van der Waals surface area contributed by atoms with Crippen molar-refractivity contribution in [1.29, 1.82) is 0 Å². The Kier molecular flexibility index (Phi) is 8.63. The van der Waals surface area contributed by atoms with Gasteiger partial charge in [-0.25, -0.2) is 9.97 Å². The topological polar surface area (TPSA) is 88.6 Å². The lowest BCUT2D eigenvalue weighted by Crippen LogP contribution is -2.38. The number of nitrogens with zero attached hydrogens (tertiary/aromatic N) is 3. The zero-order valence-electron chi connectivity index (χ0n) is 22.2. The maximum absolute atomic E-state index is 12.9. The van der Waals surface area contributed by atoms with E-state index in [0.717, 1.165) is 49.8 Å². The van der Waals surface area contributed by atoms with Gasteiger partial charge in [-0.2, -0.15) is 0 Å². The number of carbonyl (C=O) groups excluding carboxylic acids is 1. The van der Waals surface area contributed by atoms with Crippen molar-refractivity contribution in [2.75, 3.05) is 32.1 Å². The van der Waals surface area contributed by atoms with Gasteiger partial charge in [0.05, 0.1) is 11.2 Å². The molecule has 0 bridgehead atoms. The normalized spacial score (nSPS) is 18.1. The van der Waals surface area contributed by atoms with E-state index in [1.54, 1.807) is 12.3 Å². The summed E-state index contributed by atoms with van der Waals surface area (Å²) in [5.74, 6) is 0.827. The van der Waals surface area contributed by atoms with E-state index in [-0.39, 0.29) is 18.2 Å². The zero-order valence-corrected chi connectivity index (χ0v) is 22.2. The lowest BCUT2D eigenvalue weighted by molar-refractivity contribution is -0.112. The summed E-state index contributed by atoms with van der Waals surface area (Å²) in [4.78, 5) is 23.7. The lowest BCUT2D eigenvalue weighted by Gasteiger charge is -2.30. The molecule has 0 spiro atoms. The molecule has 1 saturated heterocycles. The smallest absolute Gasteiger partial charge is 0.248 e. The van der Waals surface area contributed by atoms with Crippen molar-refractivity contribution in [3.8, 4) is 5.75 Å². The molecule has 8 nitrogen and oxygen atoms in total. The number of carbonyl (C=O) groups is 1. The first-order valence-corrected chi connectivity index (χ1v) is 13.5. The summed E-state index contributed by atoms with van der Waals surface area (Å²) in [6.07, 6.45) is 10.9. The summed E-state index contributed by atoms with van der Waals surface area (Å²) in [6.45, 7) is 4.45. The van der Waals surface area contributed by atoms with Gasteiger partial charge in [0.15, 0.2) is 6.23 Å². The van der Waals surface area contributed by atoms with E-state index in [4.69, 9.17) is 9.47 Å². The molecule has 200 valence electrons. The molecular weight excluding hydrogens is 478 g/mol. The second kappa shape index (κ2) is 12.5. The first kappa shape index (κ1) is 26.3. The number of likely N-dealkylation sites (N-methyl/N-ethyl adjacent to an activating group) is 1. The highest BCUT2D eigenvalue weighted by atomic mass is 16.5. The molecule has 1 aliphatic carbocycles.